The Labute approximate surface area is 303 Å². The molecule has 3 amide bonds. The average Bonchev–Trinajstić information content (AvgIpc) is 3.43. The Morgan fingerprint density at radius 3 is 2.42 bits per heavy atom. The molecule has 1 aliphatic carbocycles. The third-order valence-electron chi connectivity index (χ3n) is 8.15. The number of ether oxygens (including phenoxy) is 1. The number of hydrogen-bond acceptors (Lipinski definition) is 7. The second-order valence-electron chi connectivity index (χ2n) is 11.6. The van der Waals surface area contributed by atoms with Crippen LogP contribution in [0, 0.1) is 5.82 Å². The Morgan fingerprint density at radius 1 is 0.960 bits per heavy atom. The van der Waals surface area contributed by atoms with Crippen LogP contribution in [0.15, 0.2) is 83.4 Å². The van der Waals surface area contributed by atoms with Crippen molar-refractivity contribution in [3.05, 3.63) is 116 Å². The number of nitrogens with one attached hydrogen (secondary N) is 3. The second kappa shape index (κ2) is 17.5. The summed E-state index contributed by atoms with van der Waals surface area (Å²) < 4.78 is 19.8. The van der Waals surface area contributed by atoms with E-state index in [0.29, 0.717) is 33.1 Å². The molecule has 4 aromatic rings. The van der Waals surface area contributed by atoms with Gasteiger partial charge in [-0.25, -0.2) is 9.18 Å². The van der Waals surface area contributed by atoms with E-state index in [1.54, 1.807) is 48.5 Å². The van der Waals surface area contributed by atoms with Crippen LogP contribution in [0.3, 0.4) is 0 Å². The first-order valence-corrected chi connectivity index (χ1v) is 18.4. The molecule has 0 spiro atoms. The third kappa shape index (κ3) is 9.21. The molecule has 1 atom stereocenters. The first-order chi connectivity index (χ1) is 24.2. The number of carbonyl (C=O) groups excluding carboxylic acids is 4. The molecule has 1 unspecified atom stereocenters. The number of hydrogen-bond donors (Lipinski definition) is 3. The molecule has 0 radical (unpaired) electrons. The SMILES string of the molecule is CCC(Sc1cccc(NC(=O)/C(=C\c2c(F)cccc2Cl)NC(=O)c2ccccc2)c1)C(=O)Nc1sc2c(c1C(=O)OC)CCCCCC2. The molecule has 0 bridgehead atoms. The molecule has 1 aliphatic rings. The molecule has 0 saturated heterocycles. The number of methoxy groups -OCH3 is 1. The van der Waals surface area contributed by atoms with Gasteiger partial charge < -0.3 is 20.7 Å². The lowest BCUT2D eigenvalue weighted by atomic mass is 9.96. The van der Waals surface area contributed by atoms with E-state index < -0.39 is 28.9 Å². The van der Waals surface area contributed by atoms with Gasteiger partial charge in [0, 0.05) is 26.6 Å². The highest BCUT2D eigenvalue weighted by molar-refractivity contribution is 8.00. The van der Waals surface area contributed by atoms with Crippen molar-refractivity contribution < 1.29 is 28.3 Å². The fourth-order valence-corrected chi connectivity index (χ4v) is 8.10. The van der Waals surface area contributed by atoms with Crippen LogP contribution in [0.2, 0.25) is 5.02 Å². The lowest BCUT2D eigenvalue weighted by molar-refractivity contribution is -0.116. The van der Waals surface area contributed by atoms with Crippen LogP contribution in [0.1, 0.15) is 75.7 Å². The molecule has 5 rings (SSSR count). The first kappa shape index (κ1) is 36.8. The Morgan fingerprint density at radius 2 is 1.70 bits per heavy atom. The van der Waals surface area contributed by atoms with Crippen LogP contribution in [0.25, 0.3) is 6.08 Å². The highest BCUT2D eigenvalue weighted by Crippen LogP contribution is 2.38. The zero-order valence-electron chi connectivity index (χ0n) is 27.6. The minimum atomic E-state index is -0.705. The maximum absolute atomic E-state index is 14.7. The number of esters is 1. The number of thioether (sulfide) groups is 1. The second-order valence-corrected chi connectivity index (χ2v) is 14.4. The van der Waals surface area contributed by atoms with Gasteiger partial charge in [-0.05, 0) is 86.2 Å². The number of anilines is 2. The highest BCUT2D eigenvalue weighted by Gasteiger charge is 2.28. The van der Waals surface area contributed by atoms with Gasteiger partial charge in [0.2, 0.25) is 5.91 Å². The van der Waals surface area contributed by atoms with Crippen molar-refractivity contribution in [3.8, 4) is 0 Å². The number of halogens is 2. The van der Waals surface area contributed by atoms with Crippen LogP contribution >= 0.6 is 34.7 Å². The molecule has 260 valence electrons. The van der Waals surface area contributed by atoms with Gasteiger partial charge in [0.05, 0.1) is 22.9 Å². The summed E-state index contributed by atoms with van der Waals surface area (Å²) in [6.07, 6.45) is 7.59. The largest absolute Gasteiger partial charge is 0.465 e. The summed E-state index contributed by atoms with van der Waals surface area (Å²) in [6.45, 7) is 1.90. The van der Waals surface area contributed by atoms with E-state index in [4.69, 9.17) is 16.3 Å². The Balaban J connectivity index is 1.34. The number of thiophene rings is 1. The third-order valence-corrected chi connectivity index (χ3v) is 11.0. The van der Waals surface area contributed by atoms with Gasteiger partial charge in [-0.3, -0.25) is 14.4 Å². The monoisotopic (exact) mass is 733 g/mol. The fraction of sp³-hybridized carbons (Fsp3) is 0.263. The quantitative estimate of drug-likeness (QED) is 0.0806. The van der Waals surface area contributed by atoms with Crippen molar-refractivity contribution in [2.24, 2.45) is 0 Å². The molecular weight excluding hydrogens is 697 g/mol. The molecule has 0 saturated carbocycles. The average molecular weight is 734 g/mol. The number of benzene rings is 3. The van der Waals surface area contributed by atoms with E-state index in [9.17, 15) is 23.6 Å². The van der Waals surface area contributed by atoms with Gasteiger partial charge in [-0.2, -0.15) is 0 Å². The summed E-state index contributed by atoms with van der Waals surface area (Å²) in [7, 11) is 1.35. The lowest BCUT2D eigenvalue weighted by Crippen LogP contribution is -2.30. The van der Waals surface area contributed by atoms with Gasteiger partial charge in [0.1, 0.15) is 16.5 Å². The van der Waals surface area contributed by atoms with E-state index in [2.05, 4.69) is 16.0 Å². The maximum Gasteiger partial charge on any atom is 0.341 e. The van der Waals surface area contributed by atoms with Crippen molar-refractivity contribution in [3.63, 3.8) is 0 Å². The van der Waals surface area contributed by atoms with E-state index in [1.165, 1.54) is 54.5 Å². The zero-order chi connectivity index (χ0) is 35.6. The van der Waals surface area contributed by atoms with Gasteiger partial charge >= 0.3 is 5.97 Å². The van der Waals surface area contributed by atoms with Crippen LogP contribution in [0.4, 0.5) is 15.1 Å². The number of aryl methyl sites for hydroxylation is 1. The van der Waals surface area contributed by atoms with Crippen molar-refractivity contribution in [2.45, 2.75) is 62.0 Å². The lowest BCUT2D eigenvalue weighted by Gasteiger charge is -2.16. The maximum atomic E-state index is 14.7. The molecule has 12 heteroatoms. The van der Waals surface area contributed by atoms with Crippen LogP contribution < -0.4 is 16.0 Å². The van der Waals surface area contributed by atoms with E-state index >= 15 is 0 Å². The molecule has 3 aromatic carbocycles. The molecule has 8 nitrogen and oxygen atoms in total. The highest BCUT2D eigenvalue weighted by atomic mass is 35.5. The molecule has 0 aliphatic heterocycles. The molecule has 3 N–H and O–H groups in total. The summed E-state index contributed by atoms with van der Waals surface area (Å²) in [5, 5.41) is 8.45. The molecule has 1 heterocycles. The van der Waals surface area contributed by atoms with Crippen molar-refractivity contribution in [2.75, 3.05) is 17.7 Å². The van der Waals surface area contributed by atoms with Crippen LogP contribution in [0.5, 0.6) is 0 Å². The topological polar surface area (TPSA) is 114 Å². The predicted molar refractivity (Wildman–Crippen MR) is 198 cm³/mol. The number of amides is 3. The van der Waals surface area contributed by atoms with Crippen LogP contribution in [-0.2, 0) is 27.2 Å². The smallest absolute Gasteiger partial charge is 0.341 e. The summed E-state index contributed by atoms with van der Waals surface area (Å²) in [5.41, 5.74) is 1.85. The van der Waals surface area contributed by atoms with E-state index in [1.807, 2.05) is 13.0 Å². The van der Waals surface area contributed by atoms with Crippen LogP contribution in [-0.4, -0.2) is 36.1 Å². The fourth-order valence-electron chi connectivity index (χ4n) is 5.59. The minimum Gasteiger partial charge on any atom is -0.465 e. The summed E-state index contributed by atoms with van der Waals surface area (Å²) in [4.78, 5) is 54.9. The zero-order valence-corrected chi connectivity index (χ0v) is 30.0. The Bertz CT molecular complexity index is 1890. The number of rotatable bonds is 11. The summed E-state index contributed by atoms with van der Waals surface area (Å²) >= 11 is 9.00. The Hall–Kier alpha value is -4.45. The number of fused-ring (bicyclic) bond motifs is 1. The molecular formula is C38H37ClFN3O5S2. The first-order valence-electron chi connectivity index (χ1n) is 16.3. The van der Waals surface area contributed by atoms with E-state index in [-0.39, 0.29) is 22.2 Å². The van der Waals surface area contributed by atoms with Gasteiger partial charge in [-0.15, -0.1) is 23.1 Å². The van der Waals surface area contributed by atoms with Crippen molar-refractivity contribution >= 4 is 75.2 Å². The van der Waals surface area contributed by atoms with Crippen molar-refractivity contribution in [1.82, 2.24) is 5.32 Å². The van der Waals surface area contributed by atoms with Gasteiger partial charge in [0.15, 0.2) is 0 Å². The summed E-state index contributed by atoms with van der Waals surface area (Å²) in [6, 6.07) is 19.4. The molecule has 50 heavy (non-hydrogen) atoms. The van der Waals surface area contributed by atoms with Gasteiger partial charge in [0.25, 0.3) is 11.8 Å². The minimum absolute atomic E-state index is 0.0538. The summed E-state index contributed by atoms with van der Waals surface area (Å²) in [5.74, 6) is -2.63. The number of carbonyl (C=O) groups is 4. The van der Waals surface area contributed by atoms with Crippen molar-refractivity contribution in [1.29, 1.82) is 0 Å². The van der Waals surface area contributed by atoms with E-state index in [0.717, 1.165) is 49.0 Å². The predicted octanol–water partition coefficient (Wildman–Crippen LogP) is 8.91. The van der Waals surface area contributed by atoms with Gasteiger partial charge in [-0.1, -0.05) is 61.7 Å². The standard InChI is InChI=1S/C38H37ClFN3O5S2/c1-3-31(36(46)43-37-33(38(47)48-2)26-17-9-4-5-10-20-32(26)50-37)49-25-16-11-15-24(21-25)41-35(45)30(22-27-28(39)18-12-19-29(27)40)42-34(44)23-13-7-6-8-14-23/h6-8,11-16,18-19,21-22,31H,3-5,9-10,17,20H2,1-2H3,(H,41,45)(H,42,44)(H,43,46)/b30-22+. The molecule has 0 fully saturated rings. The normalized spacial score (nSPS) is 13.6. The Kier molecular flexibility index (Phi) is 12.9. The molecule has 1 aromatic heterocycles.